The zero-order valence-electron chi connectivity index (χ0n) is 23.5. The Labute approximate surface area is 245 Å². The van der Waals surface area contributed by atoms with Gasteiger partial charge in [-0.25, -0.2) is 8.78 Å². The van der Waals surface area contributed by atoms with Crippen LogP contribution in [0.4, 0.5) is 27.6 Å². The molecular formula is C31H31F5N2O5. The molecule has 3 aromatic rings. The molecule has 43 heavy (non-hydrogen) atoms. The lowest BCUT2D eigenvalue weighted by molar-refractivity contribution is -0.274. The van der Waals surface area contributed by atoms with Gasteiger partial charge in [-0.2, -0.15) is 0 Å². The highest BCUT2D eigenvalue weighted by molar-refractivity contribution is 5.97. The third kappa shape index (κ3) is 9.79. The number of hydrogen-bond donors (Lipinski definition) is 2. The molecule has 0 spiro atoms. The second-order valence-corrected chi connectivity index (χ2v) is 9.54. The third-order valence-electron chi connectivity index (χ3n) is 6.47. The molecule has 12 heteroatoms. The van der Waals surface area contributed by atoms with E-state index in [0.717, 1.165) is 24.3 Å². The highest BCUT2D eigenvalue weighted by Crippen LogP contribution is 2.39. The van der Waals surface area contributed by atoms with Crippen molar-refractivity contribution in [2.24, 2.45) is 0 Å². The molecule has 0 aromatic heterocycles. The summed E-state index contributed by atoms with van der Waals surface area (Å²) in [6, 6.07) is 13.9. The zero-order valence-corrected chi connectivity index (χ0v) is 23.5. The van der Waals surface area contributed by atoms with E-state index in [9.17, 15) is 36.3 Å². The van der Waals surface area contributed by atoms with Crippen LogP contribution in [0.15, 0.2) is 66.7 Å². The van der Waals surface area contributed by atoms with Crippen molar-refractivity contribution in [3.8, 4) is 5.75 Å². The van der Waals surface area contributed by atoms with E-state index in [1.54, 1.807) is 31.2 Å². The van der Waals surface area contributed by atoms with E-state index in [1.165, 1.54) is 12.1 Å². The minimum atomic E-state index is -4.91. The Hall–Kier alpha value is -4.48. The largest absolute Gasteiger partial charge is 0.573 e. The molecule has 0 aliphatic heterocycles. The zero-order chi connectivity index (χ0) is 31.6. The monoisotopic (exact) mass is 606 g/mol. The van der Waals surface area contributed by atoms with Crippen molar-refractivity contribution in [3.05, 3.63) is 95.1 Å². The molecule has 0 radical (unpaired) electrons. The normalized spacial score (nSPS) is 12.6. The van der Waals surface area contributed by atoms with Crippen LogP contribution < -0.4 is 15.4 Å². The van der Waals surface area contributed by atoms with Gasteiger partial charge in [0.15, 0.2) is 0 Å². The summed E-state index contributed by atoms with van der Waals surface area (Å²) in [5.41, 5.74) is 0.999. The van der Waals surface area contributed by atoms with Gasteiger partial charge in [0.1, 0.15) is 17.4 Å². The van der Waals surface area contributed by atoms with Crippen LogP contribution in [0.3, 0.4) is 0 Å². The molecule has 7 nitrogen and oxygen atoms in total. The smallest absolute Gasteiger partial charge is 0.466 e. The number of amides is 2. The van der Waals surface area contributed by atoms with Crippen LogP contribution in [0.5, 0.6) is 5.75 Å². The molecule has 230 valence electrons. The standard InChI is InChI=1S/C31H31F5N2O5/c1-3-5-24(19-6-8-21(9-7-19)29(40)37-17-16-27(39)42-4-2)28(20-10-13-23(14-11-20)43-31(34,35)36)30(41)38-26-15-12-22(32)18-25(26)33/h6-15,18,24,28H,3-5,16-17H2,1-2H3,(H,37,40)(H,38,41)/t24-,28+/m1/s1. The first-order valence-electron chi connectivity index (χ1n) is 13.6. The fraction of sp³-hybridized carbons (Fsp3) is 0.323. The van der Waals surface area contributed by atoms with Gasteiger partial charge < -0.3 is 20.1 Å². The van der Waals surface area contributed by atoms with Gasteiger partial charge in [-0.1, -0.05) is 37.6 Å². The van der Waals surface area contributed by atoms with E-state index in [4.69, 9.17) is 4.74 Å². The minimum absolute atomic E-state index is 0.00841. The molecule has 0 fully saturated rings. The van der Waals surface area contributed by atoms with Crippen molar-refractivity contribution in [3.63, 3.8) is 0 Å². The highest BCUT2D eigenvalue weighted by Gasteiger charge is 2.33. The number of ether oxygens (including phenoxy) is 2. The number of carbonyl (C=O) groups is 3. The van der Waals surface area contributed by atoms with Gasteiger partial charge in [-0.15, -0.1) is 13.2 Å². The Morgan fingerprint density at radius 2 is 1.53 bits per heavy atom. The summed E-state index contributed by atoms with van der Waals surface area (Å²) in [6.07, 6.45) is -3.86. The molecule has 0 aliphatic carbocycles. The predicted octanol–water partition coefficient (Wildman–Crippen LogP) is 6.85. The summed E-state index contributed by atoms with van der Waals surface area (Å²) >= 11 is 0. The topological polar surface area (TPSA) is 93.7 Å². The molecule has 0 aliphatic rings. The van der Waals surface area contributed by atoms with Crippen LogP contribution in [0.1, 0.15) is 66.4 Å². The summed E-state index contributed by atoms with van der Waals surface area (Å²) in [6.45, 7) is 3.87. The Bertz CT molecular complexity index is 1400. The van der Waals surface area contributed by atoms with E-state index in [0.29, 0.717) is 35.6 Å². The summed E-state index contributed by atoms with van der Waals surface area (Å²) in [5, 5.41) is 5.10. The highest BCUT2D eigenvalue weighted by atomic mass is 19.4. The van der Waals surface area contributed by atoms with E-state index in [-0.39, 0.29) is 25.3 Å². The number of anilines is 1. The average Bonchev–Trinajstić information content (AvgIpc) is 2.94. The van der Waals surface area contributed by atoms with Crippen molar-refractivity contribution < 1.29 is 45.8 Å². The van der Waals surface area contributed by atoms with Gasteiger partial charge in [-0.3, -0.25) is 14.4 Å². The van der Waals surface area contributed by atoms with Crippen molar-refractivity contribution in [1.29, 1.82) is 0 Å². The van der Waals surface area contributed by atoms with Gasteiger partial charge in [-0.05, 0) is 66.8 Å². The first-order valence-corrected chi connectivity index (χ1v) is 13.6. The second kappa shape index (κ2) is 15.1. The van der Waals surface area contributed by atoms with Crippen LogP contribution in [0.25, 0.3) is 0 Å². The summed E-state index contributed by atoms with van der Waals surface area (Å²) in [5.74, 6) is -5.42. The third-order valence-corrected chi connectivity index (χ3v) is 6.47. The fourth-order valence-electron chi connectivity index (χ4n) is 4.58. The molecule has 0 unspecified atom stereocenters. The SMILES string of the molecule is CCC[C@H](c1ccc(C(=O)NCCC(=O)OCC)cc1)[C@@H](C(=O)Nc1ccc(F)cc1F)c1ccc(OC(F)(F)F)cc1. The summed E-state index contributed by atoms with van der Waals surface area (Å²) in [7, 11) is 0. The number of rotatable bonds is 13. The number of halogens is 5. The molecule has 0 bridgehead atoms. The molecule has 3 aromatic carbocycles. The molecule has 2 atom stereocenters. The number of carbonyl (C=O) groups excluding carboxylic acids is 3. The van der Waals surface area contributed by atoms with Gasteiger partial charge in [0.05, 0.1) is 24.6 Å². The summed E-state index contributed by atoms with van der Waals surface area (Å²) < 4.78 is 74.8. The molecule has 0 heterocycles. The lowest BCUT2D eigenvalue weighted by Gasteiger charge is -2.28. The average molecular weight is 607 g/mol. The van der Waals surface area contributed by atoms with Crippen LogP contribution in [0.2, 0.25) is 0 Å². The van der Waals surface area contributed by atoms with Gasteiger partial charge in [0.2, 0.25) is 5.91 Å². The van der Waals surface area contributed by atoms with E-state index < -0.39 is 53.4 Å². The number of benzene rings is 3. The maximum Gasteiger partial charge on any atom is 0.573 e. The van der Waals surface area contributed by atoms with Gasteiger partial charge in [0, 0.05) is 18.2 Å². The van der Waals surface area contributed by atoms with E-state index in [2.05, 4.69) is 15.4 Å². The lowest BCUT2D eigenvalue weighted by atomic mass is 9.78. The Balaban J connectivity index is 1.91. The van der Waals surface area contributed by atoms with Gasteiger partial charge >= 0.3 is 12.3 Å². The molecule has 3 rings (SSSR count). The Kier molecular flexibility index (Phi) is 11.6. The predicted molar refractivity (Wildman–Crippen MR) is 149 cm³/mol. The minimum Gasteiger partial charge on any atom is -0.466 e. The van der Waals surface area contributed by atoms with E-state index in [1.807, 2.05) is 6.92 Å². The van der Waals surface area contributed by atoms with Crippen LogP contribution >= 0.6 is 0 Å². The number of alkyl halides is 3. The van der Waals surface area contributed by atoms with Crippen molar-refractivity contribution in [1.82, 2.24) is 5.32 Å². The van der Waals surface area contributed by atoms with Crippen LogP contribution in [-0.2, 0) is 14.3 Å². The number of hydrogen-bond acceptors (Lipinski definition) is 5. The Morgan fingerprint density at radius 1 is 0.884 bits per heavy atom. The van der Waals surface area contributed by atoms with E-state index >= 15 is 0 Å². The summed E-state index contributed by atoms with van der Waals surface area (Å²) in [4.78, 5) is 37.7. The Morgan fingerprint density at radius 3 is 2.12 bits per heavy atom. The van der Waals surface area contributed by atoms with Crippen molar-refractivity contribution >= 4 is 23.5 Å². The molecule has 2 amide bonds. The van der Waals surface area contributed by atoms with Gasteiger partial charge in [0.25, 0.3) is 5.91 Å². The molecule has 0 saturated heterocycles. The van der Waals surface area contributed by atoms with Crippen LogP contribution in [-0.4, -0.2) is 37.3 Å². The molecular weight excluding hydrogens is 575 g/mol. The quantitative estimate of drug-likeness (QED) is 0.164. The number of nitrogens with one attached hydrogen (secondary N) is 2. The maximum atomic E-state index is 14.4. The van der Waals surface area contributed by atoms with Crippen molar-refractivity contribution in [2.75, 3.05) is 18.5 Å². The lowest BCUT2D eigenvalue weighted by Crippen LogP contribution is -2.28. The first kappa shape index (κ1) is 33.0. The maximum absolute atomic E-state index is 14.4. The van der Waals surface area contributed by atoms with Crippen molar-refractivity contribution in [2.45, 2.75) is 51.3 Å². The molecule has 0 saturated carbocycles. The second-order valence-electron chi connectivity index (χ2n) is 9.54. The number of esters is 1. The first-order chi connectivity index (χ1) is 20.4. The van der Waals surface area contributed by atoms with Crippen LogP contribution in [0, 0.1) is 11.6 Å². The molecule has 2 N–H and O–H groups in total. The fourth-order valence-corrected chi connectivity index (χ4v) is 4.58.